The summed E-state index contributed by atoms with van der Waals surface area (Å²) in [5, 5.41) is 0. The minimum Gasteiger partial charge on any atom is -0.356 e. The van der Waals surface area contributed by atoms with E-state index in [2.05, 4.69) is 0 Å². The van der Waals surface area contributed by atoms with Gasteiger partial charge in [0.2, 0.25) is 5.91 Å². The summed E-state index contributed by atoms with van der Waals surface area (Å²) in [5.41, 5.74) is 0. The van der Waals surface area contributed by atoms with Gasteiger partial charge in [0, 0.05) is 5.92 Å². The van der Waals surface area contributed by atoms with E-state index in [-0.39, 0.29) is 6.23 Å². The molecule has 0 bridgehead atoms. The second-order valence-electron chi connectivity index (χ2n) is 4.09. The summed E-state index contributed by atoms with van der Waals surface area (Å²) in [7, 11) is 0. The number of carbonyl (C=O) groups excluding carboxylic acids is 1. The van der Waals surface area contributed by atoms with Crippen molar-refractivity contribution in [2.45, 2.75) is 32.0 Å². The highest BCUT2D eigenvalue weighted by atomic mass is 16.5. The third-order valence-corrected chi connectivity index (χ3v) is 3.65. The van der Waals surface area contributed by atoms with E-state index in [4.69, 9.17) is 4.74 Å². The molecule has 2 heterocycles. The largest absolute Gasteiger partial charge is 0.356 e. The lowest BCUT2D eigenvalue weighted by Crippen LogP contribution is -2.34. The van der Waals surface area contributed by atoms with Crippen LogP contribution in [0.15, 0.2) is 0 Å². The average molecular weight is 167 g/mol. The maximum atomic E-state index is 11.7. The van der Waals surface area contributed by atoms with Crippen molar-refractivity contribution in [1.29, 1.82) is 0 Å². The highest BCUT2D eigenvalue weighted by Crippen LogP contribution is 2.48. The van der Waals surface area contributed by atoms with Gasteiger partial charge in [-0.3, -0.25) is 4.79 Å². The summed E-state index contributed by atoms with van der Waals surface area (Å²) >= 11 is 0. The molecule has 2 saturated heterocycles. The van der Waals surface area contributed by atoms with Gasteiger partial charge in [-0.1, -0.05) is 0 Å². The molecule has 2 aliphatic heterocycles. The molecule has 3 nitrogen and oxygen atoms in total. The summed E-state index contributed by atoms with van der Waals surface area (Å²) < 4.78 is 5.45. The van der Waals surface area contributed by atoms with Crippen LogP contribution in [0.25, 0.3) is 0 Å². The zero-order valence-corrected chi connectivity index (χ0v) is 7.19. The number of fused-ring (bicyclic) bond motifs is 3. The molecule has 12 heavy (non-hydrogen) atoms. The van der Waals surface area contributed by atoms with Gasteiger partial charge in [-0.25, -0.2) is 0 Å². The fourth-order valence-corrected chi connectivity index (χ4v) is 2.83. The van der Waals surface area contributed by atoms with Crippen molar-refractivity contribution in [3.63, 3.8) is 0 Å². The van der Waals surface area contributed by atoms with Crippen LogP contribution in [-0.2, 0) is 9.53 Å². The second kappa shape index (κ2) is 2.02. The lowest BCUT2D eigenvalue weighted by molar-refractivity contribution is -0.137. The van der Waals surface area contributed by atoms with Gasteiger partial charge in [-0.05, 0) is 25.7 Å². The van der Waals surface area contributed by atoms with E-state index in [0.29, 0.717) is 23.8 Å². The lowest BCUT2D eigenvalue weighted by Gasteiger charge is -2.29. The molecular weight excluding hydrogens is 154 g/mol. The van der Waals surface area contributed by atoms with Crippen molar-refractivity contribution in [3.05, 3.63) is 0 Å². The Bertz CT molecular complexity index is 241. The monoisotopic (exact) mass is 167 g/mol. The Morgan fingerprint density at radius 1 is 1.50 bits per heavy atom. The zero-order chi connectivity index (χ0) is 8.29. The van der Waals surface area contributed by atoms with E-state index in [1.165, 1.54) is 6.42 Å². The first-order chi connectivity index (χ1) is 5.79. The Kier molecular flexibility index (Phi) is 1.16. The Morgan fingerprint density at radius 2 is 2.33 bits per heavy atom. The van der Waals surface area contributed by atoms with E-state index in [1.54, 1.807) is 0 Å². The molecule has 1 saturated carbocycles. The summed E-state index contributed by atoms with van der Waals surface area (Å²) in [6, 6.07) is 0.422. The van der Waals surface area contributed by atoms with Crippen LogP contribution >= 0.6 is 0 Å². The SMILES string of the molecule is CC1OCC2C3CCC3C(=O)N12. The Balaban J connectivity index is 1.94. The molecule has 0 aromatic heterocycles. The van der Waals surface area contributed by atoms with E-state index in [9.17, 15) is 4.79 Å². The molecule has 4 unspecified atom stereocenters. The predicted molar refractivity (Wildman–Crippen MR) is 42.3 cm³/mol. The Labute approximate surface area is 71.7 Å². The van der Waals surface area contributed by atoms with E-state index < -0.39 is 0 Å². The molecular formula is C9H13NO2. The van der Waals surface area contributed by atoms with Gasteiger partial charge in [-0.15, -0.1) is 0 Å². The van der Waals surface area contributed by atoms with Gasteiger partial charge in [0.25, 0.3) is 0 Å². The van der Waals surface area contributed by atoms with Gasteiger partial charge >= 0.3 is 0 Å². The standard InChI is InChI=1S/C9H13NO2/c1-5-10-8(4-12-5)6-2-3-7(6)9(10)11/h5-8H,2-4H2,1H3. The summed E-state index contributed by atoms with van der Waals surface area (Å²) in [5.74, 6) is 1.34. The topological polar surface area (TPSA) is 29.5 Å². The van der Waals surface area contributed by atoms with Crippen molar-refractivity contribution in [1.82, 2.24) is 4.90 Å². The van der Waals surface area contributed by atoms with Crippen LogP contribution in [-0.4, -0.2) is 29.7 Å². The summed E-state index contributed by atoms with van der Waals surface area (Å²) in [4.78, 5) is 13.7. The Hall–Kier alpha value is -0.570. The normalized spacial score (nSPS) is 50.4. The molecule has 0 aromatic rings. The number of amides is 1. The van der Waals surface area contributed by atoms with Crippen molar-refractivity contribution < 1.29 is 9.53 Å². The first kappa shape index (κ1) is 6.89. The van der Waals surface area contributed by atoms with E-state index in [0.717, 1.165) is 13.0 Å². The van der Waals surface area contributed by atoms with Crippen LogP contribution in [0.4, 0.5) is 0 Å². The van der Waals surface area contributed by atoms with Crippen molar-refractivity contribution in [2.24, 2.45) is 11.8 Å². The van der Waals surface area contributed by atoms with Crippen LogP contribution < -0.4 is 0 Å². The maximum absolute atomic E-state index is 11.7. The maximum Gasteiger partial charge on any atom is 0.228 e. The van der Waals surface area contributed by atoms with Gasteiger partial charge in [0.05, 0.1) is 12.6 Å². The van der Waals surface area contributed by atoms with Crippen molar-refractivity contribution in [3.8, 4) is 0 Å². The number of ether oxygens (including phenoxy) is 1. The quantitative estimate of drug-likeness (QED) is 0.528. The molecule has 4 atom stereocenters. The van der Waals surface area contributed by atoms with E-state index in [1.807, 2.05) is 11.8 Å². The average Bonchev–Trinajstić information content (AvgIpc) is 2.36. The van der Waals surface area contributed by atoms with Gasteiger partial charge in [0.15, 0.2) is 0 Å². The fraction of sp³-hybridized carbons (Fsp3) is 0.889. The number of hydrogen-bond acceptors (Lipinski definition) is 2. The minimum absolute atomic E-state index is 0.0353. The van der Waals surface area contributed by atoms with Crippen molar-refractivity contribution in [2.75, 3.05) is 6.61 Å². The first-order valence-corrected chi connectivity index (χ1v) is 4.73. The molecule has 66 valence electrons. The smallest absolute Gasteiger partial charge is 0.228 e. The number of hydrogen-bond donors (Lipinski definition) is 0. The summed E-state index contributed by atoms with van der Waals surface area (Å²) in [6.07, 6.45) is 2.38. The van der Waals surface area contributed by atoms with Crippen LogP contribution in [0.3, 0.4) is 0 Å². The molecule has 1 amide bonds. The molecule has 0 spiro atoms. The third kappa shape index (κ3) is 0.600. The number of rotatable bonds is 0. The van der Waals surface area contributed by atoms with Gasteiger partial charge < -0.3 is 9.64 Å². The van der Waals surface area contributed by atoms with Gasteiger partial charge in [-0.2, -0.15) is 0 Å². The third-order valence-electron chi connectivity index (χ3n) is 3.65. The van der Waals surface area contributed by atoms with Crippen LogP contribution in [0.5, 0.6) is 0 Å². The molecule has 0 aromatic carbocycles. The molecule has 3 aliphatic rings. The van der Waals surface area contributed by atoms with Crippen LogP contribution in [0, 0.1) is 11.8 Å². The number of carbonyl (C=O) groups is 1. The second-order valence-corrected chi connectivity index (χ2v) is 4.09. The van der Waals surface area contributed by atoms with Crippen molar-refractivity contribution >= 4 is 5.91 Å². The van der Waals surface area contributed by atoms with Gasteiger partial charge in [0.1, 0.15) is 6.23 Å². The molecule has 3 heteroatoms. The fourth-order valence-electron chi connectivity index (χ4n) is 2.83. The number of nitrogens with zero attached hydrogens (tertiary/aromatic N) is 1. The predicted octanol–water partition coefficient (Wildman–Crippen LogP) is 0.600. The minimum atomic E-state index is 0.0353. The first-order valence-electron chi connectivity index (χ1n) is 4.73. The molecule has 1 aliphatic carbocycles. The highest BCUT2D eigenvalue weighted by Gasteiger charge is 2.56. The molecule has 3 fully saturated rings. The van der Waals surface area contributed by atoms with Crippen LogP contribution in [0.2, 0.25) is 0 Å². The zero-order valence-electron chi connectivity index (χ0n) is 7.19. The van der Waals surface area contributed by atoms with Crippen LogP contribution in [0.1, 0.15) is 19.8 Å². The molecule has 0 radical (unpaired) electrons. The lowest BCUT2D eigenvalue weighted by atomic mass is 9.73. The molecule has 0 N–H and O–H groups in total. The molecule has 3 rings (SSSR count). The van der Waals surface area contributed by atoms with E-state index >= 15 is 0 Å². The highest BCUT2D eigenvalue weighted by molar-refractivity contribution is 5.83. The Morgan fingerprint density at radius 3 is 3.00 bits per heavy atom. The summed E-state index contributed by atoms with van der Waals surface area (Å²) in [6.45, 7) is 2.75.